The fraction of sp³-hybridized carbons (Fsp3) is 0.786. The van der Waals surface area contributed by atoms with Gasteiger partial charge in [-0.1, -0.05) is 18.9 Å². The molecular formula is C14H23N3O2. The molecule has 0 saturated heterocycles. The second-order valence-electron chi connectivity index (χ2n) is 5.14. The smallest absolute Gasteiger partial charge is 0.336 e. The van der Waals surface area contributed by atoms with Crippen LogP contribution in [0.2, 0.25) is 0 Å². The number of nitrogens with zero attached hydrogens (tertiary/aromatic N) is 3. The van der Waals surface area contributed by atoms with Crippen LogP contribution < -0.4 is 4.74 Å². The molecule has 0 atom stereocenters. The summed E-state index contributed by atoms with van der Waals surface area (Å²) in [7, 11) is 0. The zero-order valence-electron chi connectivity index (χ0n) is 11.8. The van der Waals surface area contributed by atoms with E-state index < -0.39 is 0 Å². The molecule has 106 valence electrons. The molecule has 2 rings (SSSR count). The normalized spacial score (nSPS) is 23.3. The van der Waals surface area contributed by atoms with E-state index in [1.807, 2.05) is 0 Å². The SMILES string of the molecule is CCc1nnc(OC2CCC(CO)CC2)nc1CC. The Morgan fingerprint density at radius 2 is 1.74 bits per heavy atom. The fourth-order valence-electron chi connectivity index (χ4n) is 2.55. The zero-order chi connectivity index (χ0) is 13.7. The second-order valence-corrected chi connectivity index (χ2v) is 5.14. The Balaban J connectivity index is 1.96. The summed E-state index contributed by atoms with van der Waals surface area (Å²) >= 11 is 0. The van der Waals surface area contributed by atoms with Crippen LogP contribution in [0.25, 0.3) is 0 Å². The second kappa shape index (κ2) is 6.80. The first kappa shape index (κ1) is 14.2. The maximum Gasteiger partial charge on any atom is 0.336 e. The van der Waals surface area contributed by atoms with Crippen molar-refractivity contribution in [1.29, 1.82) is 0 Å². The van der Waals surface area contributed by atoms with Gasteiger partial charge in [0.1, 0.15) is 6.10 Å². The summed E-state index contributed by atoms with van der Waals surface area (Å²) in [6.07, 6.45) is 5.83. The summed E-state index contributed by atoms with van der Waals surface area (Å²) in [6, 6.07) is 0.404. The number of hydrogen-bond donors (Lipinski definition) is 1. The Morgan fingerprint density at radius 1 is 1.05 bits per heavy atom. The van der Waals surface area contributed by atoms with Gasteiger partial charge in [0.15, 0.2) is 0 Å². The van der Waals surface area contributed by atoms with E-state index in [4.69, 9.17) is 9.84 Å². The van der Waals surface area contributed by atoms with E-state index in [1.165, 1.54) is 0 Å². The third kappa shape index (κ3) is 3.62. The van der Waals surface area contributed by atoms with Gasteiger partial charge >= 0.3 is 6.01 Å². The molecular weight excluding hydrogens is 242 g/mol. The lowest BCUT2D eigenvalue weighted by atomic mass is 9.88. The lowest BCUT2D eigenvalue weighted by Gasteiger charge is -2.26. The van der Waals surface area contributed by atoms with Gasteiger partial charge < -0.3 is 9.84 Å². The van der Waals surface area contributed by atoms with Crippen molar-refractivity contribution in [2.75, 3.05) is 6.61 Å². The summed E-state index contributed by atoms with van der Waals surface area (Å²) in [5.41, 5.74) is 1.94. The van der Waals surface area contributed by atoms with Crippen LogP contribution in [-0.2, 0) is 12.8 Å². The molecule has 0 amide bonds. The number of aliphatic hydroxyl groups is 1. The third-order valence-corrected chi connectivity index (χ3v) is 3.81. The van der Waals surface area contributed by atoms with Crippen molar-refractivity contribution in [3.05, 3.63) is 11.4 Å². The predicted molar refractivity (Wildman–Crippen MR) is 72.0 cm³/mol. The van der Waals surface area contributed by atoms with Gasteiger partial charge in [-0.2, -0.15) is 4.98 Å². The summed E-state index contributed by atoms with van der Waals surface area (Å²) in [5, 5.41) is 17.4. The fourth-order valence-corrected chi connectivity index (χ4v) is 2.55. The molecule has 1 N–H and O–H groups in total. The third-order valence-electron chi connectivity index (χ3n) is 3.81. The number of ether oxygens (including phenoxy) is 1. The maximum absolute atomic E-state index is 9.12. The van der Waals surface area contributed by atoms with Gasteiger partial charge in [0.2, 0.25) is 0 Å². The van der Waals surface area contributed by atoms with Crippen LogP contribution in [0.5, 0.6) is 6.01 Å². The van der Waals surface area contributed by atoms with Gasteiger partial charge in [-0.15, -0.1) is 5.10 Å². The Labute approximate surface area is 114 Å². The minimum atomic E-state index is 0.168. The van der Waals surface area contributed by atoms with Crippen LogP contribution in [-0.4, -0.2) is 33.0 Å². The first-order chi connectivity index (χ1) is 9.26. The summed E-state index contributed by atoms with van der Waals surface area (Å²) in [4.78, 5) is 4.45. The molecule has 0 bridgehead atoms. The number of rotatable bonds is 5. The van der Waals surface area contributed by atoms with Crippen LogP contribution in [0.1, 0.15) is 50.9 Å². The van der Waals surface area contributed by atoms with Crippen LogP contribution in [0, 0.1) is 5.92 Å². The van der Waals surface area contributed by atoms with Crippen molar-refractivity contribution in [2.24, 2.45) is 5.92 Å². The Hall–Kier alpha value is -1.23. The molecule has 1 saturated carbocycles. The highest BCUT2D eigenvalue weighted by Gasteiger charge is 2.22. The Kier molecular flexibility index (Phi) is 5.07. The van der Waals surface area contributed by atoms with Gasteiger partial charge in [0.05, 0.1) is 11.4 Å². The molecule has 0 spiro atoms. The van der Waals surface area contributed by atoms with Gasteiger partial charge in [-0.25, -0.2) is 0 Å². The molecule has 1 aliphatic rings. The van der Waals surface area contributed by atoms with Crippen molar-refractivity contribution in [3.63, 3.8) is 0 Å². The molecule has 1 aromatic heterocycles. The number of hydrogen-bond acceptors (Lipinski definition) is 5. The Bertz CT molecular complexity index is 404. The van der Waals surface area contributed by atoms with Crippen LogP contribution in [0.3, 0.4) is 0 Å². The highest BCUT2D eigenvalue weighted by Crippen LogP contribution is 2.26. The average molecular weight is 265 g/mol. The van der Waals surface area contributed by atoms with E-state index in [0.29, 0.717) is 11.9 Å². The van der Waals surface area contributed by atoms with E-state index >= 15 is 0 Å². The van der Waals surface area contributed by atoms with Crippen molar-refractivity contribution in [2.45, 2.75) is 58.5 Å². The molecule has 5 nitrogen and oxygen atoms in total. The van der Waals surface area contributed by atoms with E-state index in [2.05, 4.69) is 29.0 Å². The predicted octanol–water partition coefficient (Wildman–Crippen LogP) is 1.93. The summed E-state index contributed by atoms with van der Waals surface area (Å²) < 4.78 is 5.82. The topological polar surface area (TPSA) is 68.1 Å². The van der Waals surface area contributed by atoms with E-state index in [-0.39, 0.29) is 12.7 Å². The molecule has 1 aliphatic carbocycles. The number of aliphatic hydroxyl groups excluding tert-OH is 1. The largest absolute Gasteiger partial charge is 0.459 e. The first-order valence-corrected chi connectivity index (χ1v) is 7.26. The van der Waals surface area contributed by atoms with Gasteiger partial charge in [0.25, 0.3) is 0 Å². The maximum atomic E-state index is 9.12. The molecule has 1 heterocycles. The van der Waals surface area contributed by atoms with Crippen molar-refractivity contribution in [3.8, 4) is 6.01 Å². The monoisotopic (exact) mass is 265 g/mol. The highest BCUT2D eigenvalue weighted by molar-refractivity contribution is 5.12. The molecule has 0 unspecified atom stereocenters. The van der Waals surface area contributed by atoms with Crippen LogP contribution in [0.4, 0.5) is 0 Å². The van der Waals surface area contributed by atoms with Crippen LogP contribution >= 0.6 is 0 Å². The van der Waals surface area contributed by atoms with E-state index in [0.717, 1.165) is 49.9 Å². The average Bonchev–Trinajstić information content (AvgIpc) is 2.48. The molecule has 5 heteroatoms. The quantitative estimate of drug-likeness (QED) is 0.881. The molecule has 1 fully saturated rings. The molecule has 0 aliphatic heterocycles. The molecule has 19 heavy (non-hydrogen) atoms. The minimum absolute atomic E-state index is 0.168. The number of aryl methyl sites for hydroxylation is 2. The van der Waals surface area contributed by atoms with Gasteiger partial charge in [-0.3, -0.25) is 0 Å². The lowest BCUT2D eigenvalue weighted by Crippen LogP contribution is -2.26. The van der Waals surface area contributed by atoms with Gasteiger partial charge in [-0.05, 0) is 44.4 Å². The van der Waals surface area contributed by atoms with Crippen molar-refractivity contribution < 1.29 is 9.84 Å². The van der Waals surface area contributed by atoms with Crippen molar-refractivity contribution in [1.82, 2.24) is 15.2 Å². The highest BCUT2D eigenvalue weighted by atomic mass is 16.5. The molecule has 0 radical (unpaired) electrons. The standard InChI is InChI=1S/C14H23N3O2/c1-3-12-13(4-2)16-17-14(15-12)19-11-7-5-10(9-18)6-8-11/h10-11,18H,3-9H2,1-2H3. The first-order valence-electron chi connectivity index (χ1n) is 7.26. The van der Waals surface area contributed by atoms with Crippen LogP contribution in [0.15, 0.2) is 0 Å². The molecule has 1 aromatic rings. The summed E-state index contributed by atoms with van der Waals surface area (Å²) in [6.45, 7) is 4.41. The van der Waals surface area contributed by atoms with E-state index in [9.17, 15) is 0 Å². The molecule has 0 aromatic carbocycles. The lowest BCUT2D eigenvalue weighted by molar-refractivity contribution is 0.0953. The number of aromatic nitrogens is 3. The zero-order valence-corrected chi connectivity index (χ0v) is 11.8. The van der Waals surface area contributed by atoms with Crippen molar-refractivity contribution >= 4 is 0 Å². The Morgan fingerprint density at radius 3 is 2.32 bits per heavy atom. The summed E-state index contributed by atoms with van der Waals surface area (Å²) in [5.74, 6) is 0.438. The van der Waals surface area contributed by atoms with E-state index in [1.54, 1.807) is 0 Å². The minimum Gasteiger partial charge on any atom is -0.459 e. The van der Waals surface area contributed by atoms with Gasteiger partial charge in [0, 0.05) is 6.61 Å².